The van der Waals surface area contributed by atoms with E-state index in [2.05, 4.69) is 30.0 Å². The maximum Gasteiger partial charge on any atom is 0.235 e. The summed E-state index contributed by atoms with van der Waals surface area (Å²) in [5.74, 6) is 0.684. The van der Waals surface area contributed by atoms with Gasteiger partial charge in [-0.25, -0.2) is 0 Å². The molecule has 0 saturated heterocycles. The lowest BCUT2D eigenvalue weighted by atomic mass is 10.2. The van der Waals surface area contributed by atoms with Gasteiger partial charge in [0, 0.05) is 12.7 Å². The minimum atomic E-state index is 0.684. The molecule has 0 bridgehead atoms. The lowest BCUT2D eigenvalue weighted by Crippen LogP contribution is -1.93. The van der Waals surface area contributed by atoms with Gasteiger partial charge in [0.05, 0.1) is 17.0 Å². The predicted molar refractivity (Wildman–Crippen MR) is 84.0 cm³/mol. The molecule has 4 aromatic heterocycles. The van der Waals surface area contributed by atoms with Crippen molar-refractivity contribution in [2.24, 2.45) is 7.05 Å². The second-order valence-corrected chi connectivity index (χ2v) is 6.69. The van der Waals surface area contributed by atoms with E-state index in [9.17, 15) is 0 Å². The predicted octanol–water partition coefficient (Wildman–Crippen LogP) is 2.03. The van der Waals surface area contributed by atoms with Crippen molar-refractivity contribution in [3.63, 3.8) is 0 Å². The van der Waals surface area contributed by atoms with Crippen LogP contribution in [0.1, 0.15) is 17.1 Å². The molecule has 0 fully saturated rings. The molecule has 8 nitrogen and oxygen atoms in total. The van der Waals surface area contributed by atoms with Crippen LogP contribution in [0.25, 0.3) is 26.2 Å². The molecule has 0 aliphatic heterocycles. The van der Waals surface area contributed by atoms with Gasteiger partial charge in [-0.2, -0.15) is 14.7 Å². The molecule has 112 valence electrons. The molecule has 0 spiro atoms. The van der Waals surface area contributed by atoms with E-state index in [0.29, 0.717) is 5.82 Å². The Balaban J connectivity index is 1.93. The summed E-state index contributed by atoms with van der Waals surface area (Å²) in [5, 5.41) is 22.5. The van der Waals surface area contributed by atoms with Crippen LogP contribution in [0, 0.1) is 20.8 Å². The molecule has 0 amide bonds. The molecule has 0 radical (unpaired) electrons. The van der Waals surface area contributed by atoms with Crippen LogP contribution < -0.4 is 0 Å². The summed E-state index contributed by atoms with van der Waals surface area (Å²) >= 11 is 2.81. The first-order chi connectivity index (χ1) is 10.6. The summed E-state index contributed by atoms with van der Waals surface area (Å²) in [6.07, 6.45) is 0. The van der Waals surface area contributed by atoms with Crippen molar-refractivity contribution in [2.75, 3.05) is 0 Å². The van der Waals surface area contributed by atoms with Crippen molar-refractivity contribution in [2.45, 2.75) is 20.8 Å². The highest BCUT2D eigenvalue weighted by Gasteiger charge is 2.21. The Bertz CT molecular complexity index is 988. The number of aromatic nitrogens is 8. The van der Waals surface area contributed by atoms with E-state index in [-0.39, 0.29) is 0 Å². The first kappa shape index (κ1) is 13.5. The molecule has 4 aromatic rings. The van der Waals surface area contributed by atoms with Gasteiger partial charge in [0.15, 0.2) is 10.8 Å². The molecule has 0 aliphatic carbocycles. The van der Waals surface area contributed by atoms with E-state index in [0.717, 1.165) is 37.5 Å². The number of hydrogen-bond donors (Lipinski definition) is 0. The zero-order chi connectivity index (χ0) is 15.4. The van der Waals surface area contributed by atoms with Gasteiger partial charge in [0.1, 0.15) is 4.88 Å². The molecule has 10 heteroatoms. The highest BCUT2D eigenvalue weighted by Crippen LogP contribution is 2.32. The van der Waals surface area contributed by atoms with Crippen molar-refractivity contribution in [3.05, 3.63) is 17.1 Å². The fourth-order valence-electron chi connectivity index (χ4n) is 2.38. The molecular formula is C12H12N8S2. The quantitative estimate of drug-likeness (QED) is 0.558. The topological polar surface area (TPSA) is 86.7 Å². The zero-order valence-electron chi connectivity index (χ0n) is 12.4. The number of aryl methyl sites for hydroxylation is 3. The molecule has 0 aliphatic rings. The fourth-order valence-corrected chi connectivity index (χ4v) is 3.99. The fraction of sp³-hybridized carbons (Fsp3) is 0.333. The van der Waals surface area contributed by atoms with E-state index in [1.807, 2.05) is 32.5 Å². The van der Waals surface area contributed by atoms with Crippen molar-refractivity contribution in [1.29, 1.82) is 0 Å². The Hall–Kier alpha value is -2.20. The molecule has 0 N–H and O–H groups in total. The highest BCUT2D eigenvalue weighted by molar-refractivity contribution is 7.19. The van der Waals surface area contributed by atoms with Gasteiger partial charge in [-0.3, -0.25) is 4.68 Å². The molecule has 0 aromatic carbocycles. The lowest BCUT2D eigenvalue weighted by Gasteiger charge is -1.96. The monoisotopic (exact) mass is 332 g/mol. The van der Waals surface area contributed by atoms with Crippen LogP contribution in [0.4, 0.5) is 0 Å². The highest BCUT2D eigenvalue weighted by atomic mass is 32.1. The summed E-state index contributed by atoms with van der Waals surface area (Å²) in [4.78, 5) is 1.64. The van der Waals surface area contributed by atoms with Crippen LogP contribution >= 0.6 is 22.9 Å². The van der Waals surface area contributed by atoms with Gasteiger partial charge in [-0.1, -0.05) is 15.8 Å². The largest absolute Gasteiger partial charge is 0.272 e. The third-order valence-electron chi connectivity index (χ3n) is 3.57. The Morgan fingerprint density at radius 3 is 2.41 bits per heavy atom. The van der Waals surface area contributed by atoms with Crippen LogP contribution in [0.3, 0.4) is 0 Å². The zero-order valence-corrected chi connectivity index (χ0v) is 14.0. The Labute approximate surface area is 133 Å². The minimum Gasteiger partial charge on any atom is -0.272 e. The van der Waals surface area contributed by atoms with Crippen molar-refractivity contribution < 1.29 is 0 Å². The normalized spacial score (nSPS) is 11.6. The van der Waals surface area contributed by atoms with Gasteiger partial charge in [-0.15, -0.1) is 15.3 Å². The number of hydrogen-bond acceptors (Lipinski definition) is 8. The van der Waals surface area contributed by atoms with Crippen LogP contribution in [0.5, 0.6) is 0 Å². The van der Waals surface area contributed by atoms with Crippen LogP contribution in [0.2, 0.25) is 0 Å². The van der Waals surface area contributed by atoms with Gasteiger partial charge < -0.3 is 0 Å². The molecular weight excluding hydrogens is 320 g/mol. The van der Waals surface area contributed by atoms with E-state index < -0.39 is 0 Å². The smallest absolute Gasteiger partial charge is 0.235 e. The molecule has 0 saturated carbocycles. The maximum atomic E-state index is 4.68. The van der Waals surface area contributed by atoms with Gasteiger partial charge in [-0.05, 0) is 32.3 Å². The summed E-state index contributed by atoms with van der Waals surface area (Å²) in [7, 11) is 1.93. The van der Waals surface area contributed by atoms with Crippen LogP contribution in [0.15, 0.2) is 0 Å². The van der Waals surface area contributed by atoms with Gasteiger partial charge in [0.25, 0.3) is 0 Å². The third kappa shape index (κ3) is 1.80. The Kier molecular flexibility index (Phi) is 2.84. The lowest BCUT2D eigenvalue weighted by molar-refractivity contribution is 0.731. The summed E-state index contributed by atoms with van der Waals surface area (Å²) < 4.78 is 7.58. The summed E-state index contributed by atoms with van der Waals surface area (Å²) in [6, 6.07) is 0. The third-order valence-corrected chi connectivity index (χ3v) is 5.31. The number of fused-ring (bicyclic) bond motifs is 1. The standard InChI is InChI=1S/C12H12N8S2/c1-5-8(7(3)19(4)16-5)11-17-20-10(14-15-12(20)21-11)9-6(2)13-18-22-9/h1-4H3. The van der Waals surface area contributed by atoms with E-state index >= 15 is 0 Å². The summed E-state index contributed by atoms with van der Waals surface area (Å²) in [5.41, 5.74) is 3.94. The molecule has 4 heterocycles. The number of rotatable bonds is 2. The van der Waals surface area contributed by atoms with Crippen molar-refractivity contribution >= 4 is 27.8 Å². The molecule has 0 unspecified atom stereocenters. The first-order valence-corrected chi connectivity index (χ1v) is 8.17. The molecule has 0 atom stereocenters. The van der Waals surface area contributed by atoms with E-state index in [4.69, 9.17) is 0 Å². The average Bonchev–Trinajstić information content (AvgIpc) is 3.17. The van der Waals surface area contributed by atoms with Crippen LogP contribution in [-0.2, 0) is 7.05 Å². The summed E-state index contributed by atoms with van der Waals surface area (Å²) in [6.45, 7) is 5.93. The van der Waals surface area contributed by atoms with E-state index in [1.165, 1.54) is 22.9 Å². The van der Waals surface area contributed by atoms with Crippen molar-refractivity contribution in [1.82, 2.24) is 39.2 Å². The van der Waals surface area contributed by atoms with Gasteiger partial charge in [0.2, 0.25) is 4.96 Å². The molecule has 4 rings (SSSR count). The Morgan fingerprint density at radius 1 is 0.955 bits per heavy atom. The Morgan fingerprint density at radius 2 is 1.77 bits per heavy atom. The number of nitrogens with zero attached hydrogens (tertiary/aromatic N) is 8. The second kappa shape index (κ2) is 4.65. The molecule has 22 heavy (non-hydrogen) atoms. The van der Waals surface area contributed by atoms with Crippen molar-refractivity contribution in [3.8, 4) is 21.3 Å². The van der Waals surface area contributed by atoms with E-state index in [1.54, 1.807) is 4.52 Å². The first-order valence-electron chi connectivity index (χ1n) is 6.58. The SMILES string of the molecule is Cc1nnsc1-c1nnc2sc(-c3c(C)nn(C)c3C)nn12. The van der Waals surface area contributed by atoms with Gasteiger partial charge >= 0.3 is 0 Å². The maximum absolute atomic E-state index is 4.68. The minimum absolute atomic E-state index is 0.684. The second-order valence-electron chi connectivity index (χ2n) is 4.98. The van der Waals surface area contributed by atoms with Crippen LogP contribution in [-0.4, -0.2) is 39.2 Å². The average molecular weight is 332 g/mol.